The van der Waals surface area contributed by atoms with Crippen molar-refractivity contribution < 1.29 is 23.8 Å². The zero-order valence-corrected chi connectivity index (χ0v) is 24.3. The standard InChI is InChI=1S/C30H40ClN3O5/c1-19-20(2)29(38-18-25(39-22(4)36)16-32-21(3)35)12-10-26(19)28-8-6-7-24-17-33(13-14-34(24)28)23-9-11-27(31)30(15-23)37-5/h9-12,15,24-25,28H,6-8,13-14,16-18H2,1-5H3,(H,32,35)/t24-,25-,28+/m0/s1. The maximum absolute atomic E-state index is 11.5. The summed E-state index contributed by atoms with van der Waals surface area (Å²) in [6, 6.07) is 11.1. The van der Waals surface area contributed by atoms with Crippen molar-refractivity contribution in [3.8, 4) is 11.5 Å². The monoisotopic (exact) mass is 557 g/mol. The molecule has 0 spiro atoms. The molecule has 0 unspecified atom stereocenters. The second kappa shape index (κ2) is 12.9. The summed E-state index contributed by atoms with van der Waals surface area (Å²) in [6.45, 7) is 10.3. The van der Waals surface area contributed by atoms with Gasteiger partial charge >= 0.3 is 5.97 Å². The summed E-state index contributed by atoms with van der Waals surface area (Å²) in [5.41, 5.74) is 4.81. The molecular formula is C30H40ClN3O5. The van der Waals surface area contributed by atoms with Gasteiger partial charge in [-0.15, -0.1) is 0 Å². The van der Waals surface area contributed by atoms with Crippen molar-refractivity contribution in [1.82, 2.24) is 10.2 Å². The van der Waals surface area contributed by atoms with E-state index in [4.69, 9.17) is 25.8 Å². The number of rotatable bonds is 9. The highest BCUT2D eigenvalue weighted by atomic mass is 35.5. The molecule has 2 aliphatic rings. The summed E-state index contributed by atoms with van der Waals surface area (Å²) in [5, 5.41) is 3.33. The van der Waals surface area contributed by atoms with E-state index < -0.39 is 12.1 Å². The van der Waals surface area contributed by atoms with Gasteiger partial charge in [0.2, 0.25) is 5.91 Å². The Bertz CT molecular complexity index is 1190. The number of anilines is 1. The van der Waals surface area contributed by atoms with Crippen LogP contribution in [0.25, 0.3) is 0 Å². The van der Waals surface area contributed by atoms with Crippen molar-refractivity contribution in [2.75, 3.05) is 44.8 Å². The molecule has 39 heavy (non-hydrogen) atoms. The lowest BCUT2D eigenvalue weighted by atomic mass is 9.86. The van der Waals surface area contributed by atoms with Crippen molar-refractivity contribution in [3.63, 3.8) is 0 Å². The third-order valence-corrected chi connectivity index (χ3v) is 8.23. The molecule has 0 aliphatic carbocycles. The van der Waals surface area contributed by atoms with Gasteiger partial charge in [0, 0.05) is 57.3 Å². The first-order chi connectivity index (χ1) is 18.7. The Morgan fingerprint density at radius 3 is 2.59 bits per heavy atom. The minimum atomic E-state index is -0.554. The molecule has 4 rings (SSSR count). The van der Waals surface area contributed by atoms with Gasteiger partial charge in [-0.3, -0.25) is 14.5 Å². The van der Waals surface area contributed by atoms with Crippen LogP contribution in [-0.4, -0.2) is 68.8 Å². The number of ether oxygens (including phenoxy) is 3. The number of fused-ring (bicyclic) bond motifs is 1. The van der Waals surface area contributed by atoms with E-state index in [1.165, 1.54) is 37.8 Å². The maximum Gasteiger partial charge on any atom is 0.303 e. The number of piperidine rings is 1. The van der Waals surface area contributed by atoms with Gasteiger partial charge in [-0.25, -0.2) is 0 Å². The number of esters is 1. The van der Waals surface area contributed by atoms with E-state index in [9.17, 15) is 9.59 Å². The molecule has 1 amide bonds. The quantitative estimate of drug-likeness (QED) is 0.442. The van der Waals surface area contributed by atoms with E-state index >= 15 is 0 Å². The number of carbonyl (C=O) groups is 2. The van der Waals surface area contributed by atoms with Crippen molar-refractivity contribution in [2.24, 2.45) is 0 Å². The van der Waals surface area contributed by atoms with E-state index in [-0.39, 0.29) is 19.1 Å². The fraction of sp³-hybridized carbons (Fsp3) is 0.533. The van der Waals surface area contributed by atoms with Crippen LogP contribution in [0.3, 0.4) is 0 Å². The molecule has 2 aliphatic heterocycles. The second-order valence-corrected chi connectivity index (χ2v) is 10.9. The van der Waals surface area contributed by atoms with E-state index in [0.717, 1.165) is 43.1 Å². The summed E-state index contributed by atoms with van der Waals surface area (Å²) < 4.78 is 16.9. The second-order valence-electron chi connectivity index (χ2n) is 10.5. The molecule has 0 radical (unpaired) electrons. The molecule has 2 heterocycles. The highest BCUT2D eigenvalue weighted by Crippen LogP contribution is 2.40. The van der Waals surface area contributed by atoms with E-state index in [2.05, 4.69) is 41.1 Å². The lowest BCUT2D eigenvalue weighted by Crippen LogP contribution is -2.56. The lowest BCUT2D eigenvalue weighted by Gasteiger charge is -2.49. The average molecular weight is 558 g/mol. The van der Waals surface area contributed by atoms with E-state index in [0.29, 0.717) is 22.9 Å². The summed E-state index contributed by atoms with van der Waals surface area (Å²) in [6.07, 6.45) is 2.95. The number of methoxy groups -OCH3 is 1. The number of piperazine rings is 1. The number of halogens is 1. The van der Waals surface area contributed by atoms with E-state index in [1.54, 1.807) is 7.11 Å². The van der Waals surface area contributed by atoms with Gasteiger partial charge < -0.3 is 24.4 Å². The van der Waals surface area contributed by atoms with Gasteiger partial charge in [0.1, 0.15) is 18.1 Å². The van der Waals surface area contributed by atoms with Gasteiger partial charge in [-0.05, 0) is 68.0 Å². The predicted octanol–water partition coefficient (Wildman–Crippen LogP) is 4.83. The first-order valence-corrected chi connectivity index (χ1v) is 14.0. The normalized spacial score (nSPS) is 20.1. The van der Waals surface area contributed by atoms with Gasteiger partial charge in [-0.1, -0.05) is 17.7 Å². The van der Waals surface area contributed by atoms with Crippen LogP contribution < -0.4 is 19.7 Å². The highest BCUT2D eigenvalue weighted by Gasteiger charge is 2.36. The average Bonchev–Trinajstić information content (AvgIpc) is 2.91. The molecule has 9 heteroatoms. The summed E-state index contributed by atoms with van der Waals surface area (Å²) in [5.74, 6) is 0.897. The Morgan fingerprint density at radius 2 is 1.87 bits per heavy atom. The zero-order valence-electron chi connectivity index (χ0n) is 23.6. The SMILES string of the molecule is COc1cc(N2CCN3[C@@H](CCC[C@@H]3c3ccc(OC[C@H](CNC(C)=O)OC(C)=O)c(C)c3C)C2)ccc1Cl. The summed E-state index contributed by atoms with van der Waals surface area (Å²) >= 11 is 6.26. The predicted molar refractivity (Wildman–Crippen MR) is 153 cm³/mol. The third-order valence-electron chi connectivity index (χ3n) is 7.92. The van der Waals surface area contributed by atoms with Gasteiger partial charge in [0.25, 0.3) is 0 Å². The van der Waals surface area contributed by atoms with Crippen LogP contribution in [0, 0.1) is 13.8 Å². The molecule has 212 valence electrons. The molecule has 8 nitrogen and oxygen atoms in total. The Kier molecular flexibility index (Phi) is 9.62. The minimum absolute atomic E-state index is 0.169. The Balaban J connectivity index is 1.45. The number of hydrogen-bond acceptors (Lipinski definition) is 7. The number of carbonyl (C=O) groups excluding carboxylic acids is 2. The highest BCUT2D eigenvalue weighted by molar-refractivity contribution is 6.32. The molecule has 0 aromatic heterocycles. The molecule has 3 atom stereocenters. The fourth-order valence-corrected chi connectivity index (χ4v) is 6.00. The maximum atomic E-state index is 11.5. The molecule has 0 saturated carbocycles. The smallest absolute Gasteiger partial charge is 0.303 e. The first-order valence-electron chi connectivity index (χ1n) is 13.7. The zero-order chi connectivity index (χ0) is 28.1. The topological polar surface area (TPSA) is 80.3 Å². The van der Waals surface area contributed by atoms with E-state index in [1.807, 2.05) is 18.2 Å². The lowest BCUT2D eigenvalue weighted by molar-refractivity contribution is -0.148. The number of nitrogens with one attached hydrogen (secondary N) is 1. The minimum Gasteiger partial charge on any atom is -0.495 e. The Labute approximate surface area is 236 Å². The molecule has 2 aromatic rings. The Morgan fingerprint density at radius 1 is 1.08 bits per heavy atom. The summed E-state index contributed by atoms with van der Waals surface area (Å²) in [4.78, 5) is 27.9. The fourth-order valence-electron chi connectivity index (χ4n) is 5.81. The van der Waals surface area contributed by atoms with Gasteiger partial charge in [0.15, 0.2) is 6.10 Å². The van der Waals surface area contributed by atoms with Gasteiger partial charge in [-0.2, -0.15) is 0 Å². The van der Waals surface area contributed by atoms with Crippen LogP contribution >= 0.6 is 11.6 Å². The first kappa shape index (κ1) is 29.0. The molecular weight excluding hydrogens is 518 g/mol. The number of amides is 1. The number of benzene rings is 2. The van der Waals surface area contributed by atoms with Crippen LogP contribution in [-0.2, 0) is 14.3 Å². The Hall–Kier alpha value is -2.97. The van der Waals surface area contributed by atoms with Gasteiger partial charge in [0.05, 0.1) is 18.7 Å². The molecule has 0 bridgehead atoms. The number of hydrogen-bond donors (Lipinski definition) is 1. The summed E-state index contributed by atoms with van der Waals surface area (Å²) in [7, 11) is 1.65. The number of nitrogens with zero attached hydrogens (tertiary/aromatic N) is 2. The molecule has 2 saturated heterocycles. The van der Waals surface area contributed by atoms with Crippen LogP contribution in [0.5, 0.6) is 11.5 Å². The van der Waals surface area contributed by atoms with Crippen molar-refractivity contribution in [3.05, 3.63) is 52.0 Å². The van der Waals surface area contributed by atoms with Crippen LogP contribution in [0.15, 0.2) is 30.3 Å². The van der Waals surface area contributed by atoms with Crippen LogP contribution in [0.4, 0.5) is 5.69 Å². The largest absolute Gasteiger partial charge is 0.495 e. The van der Waals surface area contributed by atoms with Crippen molar-refractivity contribution in [1.29, 1.82) is 0 Å². The molecule has 2 aromatic carbocycles. The molecule has 1 N–H and O–H groups in total. The molecule has 2 fully saturated rings. The third kappa shape index (κ3) is 6.97. The van der Waals surface area contributed by atoms with Crippen molar-refractivity contribution in [2.45, 2.75) is 65.1 Å². The van der Waals surface area contributed by atoms with Crippen molar-refractivity contribution >= 4 is 29.2 Å². The van der Waals surface area contributed by atoms with Crippen LogP contribution in [0.2, 0.25) is 5.02 Å². The van der Waals surface area contributed by atoms with Crippen LogP contribution in [0.1, 0.15) is 55.8 Å².